The van der Waals surface area contributed by atoms with E-state index in [0.29, 0.717) is 44.0 Å². The summed E-state index contributed by atoms with van der Waals surface area (Å²) in [7, 11) is 0. The molecule has 0 bridgehead atoms. The number of ether oxygens (including phenoxy) is 3. The first-order valence-corrected chi connectivity index (χ1v) is 13.4. The van der Waals surface area contributed by atoms with Crippen LogP contribution < -0.4 is 0 Å². The molecule has 2 heterocycles. The van der Waals surface area contributed by atoms with E-state index >= 15 is 0 Å². The first-order valence-electron chi connectivity index (χ1n) is 12.3. The van der Waals surface area contributed by atoms with E-state index in [4.69, 9.17) is 14.2 Å². The van der Waals surface area contributed by atoms with E-state index in [9.17, 15) is 9.59 Å². The smallest absolute Gasteiger partial charge is 0.316 e. The number of benzene rings is 2. The Bertz CT molecular complexity index is 1180. The van der Waals surface area contributed by atoms with Gasteiger partial charge in [-0.15, -0.1) is 0 Å². The van der Waals surface area contributed by atoms with Crippen molar-refractivity contribution in [3.05, 3.63) is 70.8 Å². The van der Waals surface area contributed by atoms with Gasteiger partial charge in [-0.05, 0) is 62.1 Å². The highest BCUT2D eigenvalue weighted by Crippen LogP contribution is 2.76. The lowest BCUT2D eigenvalue weighted by Crippen LogP contribution is -2.66. The molecule has 2 fully saturated rings. The van der Waals surface area contributed by atoms with Gasteiger partial charge in [-0.1, -0.05) is 64.5 Å². The molecule has 2 aromatic rings. The molecule has 2 saturated heterocycles. The van der Waals surface area contributed by atoms with Crippen LogP contribution in [0.25, 0.3) is 0 Å². The van der Waals surface area contributed by atoms with Gasteiger partial charge in [0.15, 0.2) is 11.2 Å². The monoisotopic (exact) mass is 524 g/mol. The molecule has 0 saturated carbocycles. The Morgan fingerprint density at radius 3 is 2.29 bits per heavy atom. The number of carbonyl (C=O) groups excluding carboxylic acids is 2. The Labute approximate surface area is 208 Å². The van der Waals surface area contributed by atoms with Gasteiger partial charge in [-0.2, -0.15) is 0 Å². The Morgan fingerprint density at radius 2 is 1.62 bits per heavy atom. The molecule has 178 valence electrons. The molecule has 2 aliphatic heterocycles. The van der Waals surface area contributed by atoms with Gasteiger partial charge in [0.25, 0.3) is 0 Å². The van der Waals surface area contributed by atoms with Gasteiger partial charge in [-0.25, -0.2) is 0 Å². The minimum Gasteiger partial charge on any atom is -0.465 e. The van der Waals surface area contributed by atoms with Gasteiger partial charge >= 0.3 is 11.9 Å². The standard InChI is InChI=1S/C28H29BrO5/c1-2-32-23(30)25(15-17-29)13-11-20-8-4-6-10-22(20)28(25)27-21-9-5-3-7-19(21)12-14-26(27,16-18-33-27)24(31)34-28/h3-10H,2,11-18H2,1H3. The number of fused-ring (bicyclic) bond motifs is 3. The van der Waals surface area contributed by atoms with Crippen molar-refractivity contribution in [2.24, 2.45) is 10.8 Å². The molecular weight excluding hydrogens is 496 g/mol. The zero-order chi connectivity index (χ0) is 23.6. The van der Waals surface area contributed by atoms with E-state index in [2.05, 4.69) is 34.1 Å². The van der Waals surface area contributed by atoms with Crippen LogP contribution in [0.5, 0.6) is 0 Å². The zero-order valence-electron chi connectivity index (χ0n) is 19.4. The number of halogens is 1. The Hall–Kier alpha value is -2.18. The van der Waals surface area contributed by atoms with Crippen molar-refractivity contribution in [3.8, 4) is 0 Å². The van der Waals surface area contributed by atoms with E-state index in [0.717, 1.165) is 28.7 Å². The average Bonchev–Trinajstić information content (AvgIpc) is 3.37. The first kappa shape index (κ1) is 22.3. The summed E-state index contributed by atoms with van der Waals surface area (Å²) in [4.78, 5) is 28.2. The second kappa shape index (κ2) is 7.66. The van der Waals surface area contributed by atoms with Crippen molar-refractivity contribution < 1.29 is 23.8 Å². The van der Waals surface area contributed by atoms with Gasteiger partial charge < -0.3 is 14.2 Å². The van der Waals surface area contributed by atoms with Crippen molar-refractivity contribution in [1.82, 2.24) is 0 Å². The Morgan fingerprint density at radius 1 is 0.971 bits per heavy atom. The second-order valence-electron chi connectivity index (χ2n) is 9.99. The van der Waals surface area contributed by atoms with E-state index in [-0.39, 0.29) is 18.5 Å². The summed E-state index contributed by atoms with van der Waals surface area (Å²) in [6.45, 7) is 2.55. The summed E-state index contributed by atoms with van der Waals surface area (Å²) in [5.74, 6) is -0.542. The molecule has 2 aromatic carbocycles. The van der Waals surface area contributed by atoms with Crippen LogP contribution in [0, 0.1) is 10.8 Å². The van der Waals surface area contributed by atoms with Gasteiger partial charge in [-0.3, -0.25) is 9.59 Å². The van der Waals surface area contributed by atoms with Gasteiger partial charge in [0.05, 0.1) is 6.61 Å². The third-order valence-corrected chi connectivity index (χ3v) is 9.35. The molecular formula is C28H29BrO5. The minimum absolute atomic E-state index is 0.237. The van der Waals surface area contributed by atoms with Crippen LogP contribution >= 0.6 is 15.9 Å². The summed E-state index contributed by atoms with van der Waals surface area (Å²) in [5.41, 5.74) is -0.140. The maximum Gasteiger partial charge on any atom is 0.316 e. The van der Waals surface area contributed by atoms with Crippen molar-refractivity contribution in [1.29, 1.82) is 0 Å². The van der Waals surface area contributed by atoms with E-state index in [1.807, 2.05) is 37.3 Å². The Balaban J connectivity index is 1.77. The lowest BCUT2D eigenvalue weighted by Gasteiger charge is -2.58. The molecule has 6 heteroatoms. The van der Waals surface area contributed by atoms with Crippen molar-refractivity contribution in [3.63, 3.8) is 0 Å². The largest absolute Gasteiger partial charge is 0.465 e. The summed E-state index contributed by atoms with van der Waals surface area (Å²) in [5, 5.41) is 0.581. The molecule has 4 aliphatic rings. The predicted molar refractivity (Wildman–Crippen MR) is 129 cm³/mol. The quantitative estimate of drug-likeness (QED) is 0.417. The SMILES string of the molecule is CCOC(=O)C1(CCBr)CCc2ccccc2C12OC(=O)C13CCOC12c1ccccc1CC3. The number of carbonyl (C=O) groups is 2. The Kier molecular flexibility index (Phi) is 5.02. The molecule has 1 spiro atoms. The highest BCUT2D eigenvalue weighted by atomic mass is 79.9. The fraction of sp³-hybridized carbons (Fsp3) is 0.500. The maximum atomic E-state index is 14.1. The number of esters is 2. The lowest BCUT2D eigenvalue weighted by molar-refractivity contribution is -0.240. The highest BCUT2D eigenvalue weighted by Gasteiger charge is 2.86. The van der Waals surface area contributed by atoms with Crippen LogP contribution in [0.4, 0.5) is 0 Å². The van der Waals surface area contributed by atoms with Crippen molar-refractivity contribution in [2.45, 2.75) is 56.7 Å². The van der Waals surface area contributed by atoms with Gasteiger partial charge in [0, 0.05) is 17.5 Å². The molecule has 6 rings (SSSR count). The lowest BCUT2D eigenvalue weighted by atomic mass is 9.46. The molecule has 34 heavy (non-hydrogen) atoms. The van der Waals surface area contributed by atoms with Crippen molar-refractivity contribution >= 4 is 27.9 Å². The van der Waals surface area contributed by atoms with Crippen molar-refractivity contribution in [2.75, 3.05) is 18.5 Å². The van der Waals surface area contributed by atoms with Crippen LogP contribution in [0.3, 0.4) is 0 Å². The fourth-order valence-corrected chi connectivity index (χ4v) is 8.34. The summed E-state index contributed by atoms with van der Waals surface area (Å²) in [6, 6.07) is 16.4. The maximum absolute atomic E-state index is 14.1. The third-order valence-electron chi connectivity index (χ3n) is 8.95. The first-order chi connectivity index (χ1) is 16.5. The average molecular weight is 525 g/mol. The van der Waals surface area contributed by atoms with Gasteiger partial charge in [0.2, 0.25) is 0 Å². The fourth-order valence-electron chi connectivity index (χ4n) is 7.67. The van der Waals surface area contributed by atoms with Crippen LogP contribution in [0.2, 0.25) is 0 Å². The summed E-state index contributed by atoms with van der Waals surface area (Å²) >= 11 is 3.62. The predicted octanol–water partition coefficient (Wildman–Crippen LogP) is 4.97. The molecule has 0 N–H and O–H groups in total. The van der Waals surface area contributed by atoms with Crippen LogP contribution in [-0.4, -0.2) is 30.5 Å². The number of rotatable bonds is 4. The number of hydrogen-bond donors (Lipinski definition) is 0. The molecule has 2 aliphatic carbocycles. The number of hydrogen-bond acceptors (Lipinski definition) is 5. The van der Waals surface area contributed by atoms with Crippen LogP contribution in [0.1, 0.15) is 54.9 Å². The van der Waals surface area contributed by atoms with Crippen LogP contribution in [-0.2, 0) is 47.8 Å². The van der Waals surface area contributed by atoms with E-state index in [1.54, 1.807) is 0 Å². The molecule has 5 nitrogen and oxygen atoms in total. The van der Waals surface area contributed by atoms with E-state index < -0.39 is 22.0 Å². The number of alkyl halides is 1. The highest BCUT2D eigenvalue weighted by molar-refractivity contribution is 9.09. The summed E-state index contributed by atoms with van der Waals surface area (Å²) in [6.07, 6.45) is 3.77. The van der Waals surface area contributed by atoms with E-state index in [1.165, 1.54) is 0 Å². The topological polar surface area (TPSA) is 61.8 Å². The number of aryl methyl sites for hydroxylation is 2. The van der Waals surface area contributed by atoms with Crippen LogP contribution in [0.15, 0.2) is 48.5 Å². The molecule has 0 radical (unpaired) electrons. The zero-order valence-corrected chi connectivity index (χ0v) is 21.0. The molecule has 0 aromatic heterocycles. The van der Waals surface area contributed by atoms with Gasteiger partial charge in [0.1, 0.15) is 10.8 Å². The molecule has 0 amide bonds. The normalized spacial score (nSPS) is 35.2. The second-order valence-corrected chi connectivity index (χ2v) is 10.8. The molecule has 4 unspecified atom stereocenters. The minimum atomic E-state index is -1.31. The summed E-state index contributed by atoms with van der Waals surface area (Å²) < 4.78 is 19.4. The molecule has 4 atom stereocenters. The third kappa shape index (κ3) is 2.34.